The Morgan fingerprint density at radius 3 is 2.74 bits per heavy atom. The van der Waals surface area contributed by atoms with Crippen molar-refractivity contribution in [3.63, 3.8) is 0 Å². The maximum atomic E-state index is 11.4. The number of imidazole rings is 1. The number of hydrogen-bond donors (Lipinski definition) is 2. The van der Waals surface area contributed by atoms with Gasteiger partial charge in [0, 0.05) is 23.7 Å². The number of primary amides is 1. The molecule has 3 heterocycles. The van der Waals surface area contributed by atoms with E-state index in [0.717, 1.165) is 55.3 Å². The number of rotatable bonds is 6. The highest BCUT2D eigenvalue weighted by atomic mass is 35.5. The van der Waals surface area contributed by atoms with Crippen LogP contribution in [0.25, 0.3) is 22.4 Å². The molecular weight excluding hydrogens is 506 g/mol. The highest BCUT2D eigenvalue weighted by Crippen LogP contribution is 2.36. The van der Waals surface area contributed by atoms with Gasteiger partial charge in [-0.25, -0.2) is 14.8 Å². The number of benzene rings is 1. The predicted octanol–water partition coefficient (Wildman–Crippen LogP) is 5.01. The molecule has 0 bridgehead atoms. The second kappa shape index (κ2) is 11.2. The van der Waals surface area contributed by atoms with E-state index in [1.807, 2.05) is 18.2 Å². The van der Waals surface area contributed by atoms with Gasteiger partial charge in [-0.3, -0.25) is 5.41 Å². The van der Waals surface area contributed by atoms with E-state index in [4.69, 9.17) is 42.2 Å². The van der Waals surface area contributed by atoms with Crippen LogP contribution in [0.1, 0.15) is 51.8 Å². The molecule has 3 aromatic rings. The van der Waals surface area contributed by atoms with E-state index in [-0.39, 0.29) is 11.9 Å². The third kappa shape index (κ3) is 5.47. The van der Waals surface area contributed by atoms with Crippen LogP contribution >= 0.6 is 11.6 Å². The zero-order valence-electron chi connectivity index (χ0n) is 21.8. The Balaban J connectivity index is 1.72. The van der Waals surface area contributed by atoms with Crippen molar-refractivity contribution in [3.05, 3.63) is 35.1 Å². The average Bonchev–Trinajstić information content (AvgIpc) is 3.27. The minimum Gasteiger partial charge on any atom is -0.388 e. The highest BCUT2D eigenvalue weighted by molar-refractivity contribution is 6.30. The number of aromatic nitrogens is 4. The Morgan fingerprint density at radius 2 is 2.03 bits per heavy atom. The van der Waals surface area contributed by atoms with Crippen LogP contribution in [-0.2, 0) is 16.0 Å². The Hall–Kier alpha value is -3.24. The van der Waals surface area contributed by atoms with Gasteiger partial charge in [-0.15, -0.1) is 0 Å². The molecule has 2 fully saturated rings. The fourth-order valence-corrected chi connectivity index (χ4v) is 5.72. The number of hydrogen-bond acceptors (Lipinski definition) is 8. The van der Waals surface area contributed by atoms with Crippen LogP contribution in [0.15, 0.2) is 24.3 Å². The standard InChI is InChI=1S/C27H34ClN7O3/c1-3-20-15-37-12-11-34(20)27-33-24-22(35(27)14-17-9-7-16(2)8-10-17)21(18-5-4-6-19(28)13-18)31-25(32-24)23(29)38-26(30)36/h4-6,13,16-17,20,29H,3,7-12,14-15H2,1-2H3,(H2,30,36)/t16-,17-,20-/m1/s1. The first-order valence-corrected chi connectivity index (χ1v) is 13.7. The predicted molar refractivity (Wildman–Crippen MR) is 147 cm³/mol. The molecule has 1 saturated carbocycles. The minimum atomic E-state index is -1.10. The van der Waals surface area contributed by atoms with Crippen LogP contribution in [0.2, 0.25) is 5.02 Å². The van der Waals surface area contributed by atoms with Gasteiger partial charge in [-0.1, -0.05) is 50.4 Å². The maximum absolute atomic E-state index is 11.4. The summed E-state index contributed by atoms with van der Waals surface area (Å²) in [4.78, 5) is 28.0. The molecule has 1 atom stereocenters. The largest absolute Gasteiger partial charge is 0.411 e. The van der Waals surface area contributed by atoms with Gasteiger partial charge >= 0.3 is 6.09 Å². The van der Waals surface area contributed by atoms with E-state index in [1.54, 1.807) is 6.07 Å². The van der Waals surface area contributed by atoms with E-state index in [0.29, 0.717) is 35.5 Å². The SMILES string of the molecule is CC[C@@H]1COCCN1c1nc2nc(C(=N)OC(N)=O)nc(-c3cccc(Cl)c3)c2n1C[C@H]1CC[C@H](C)CC1. The molecule has 0 unspecified atom stereocenters. The molecule has 1 aliphatic carbocycles. The lowest BCUT2D eigenvalue weighted by atomic mass is 9.83. The topological polar surface area (TPSA) is 132 Å². The molecule has 202 valence electrons. The van der Waals surface area contributed by atoms with Gasteiger partial charge in [-0.05, 0) is 43.2 Å². The monoisotopic (exact) mass is 539 g/mol. The molecule has 1 amide bonds. The van der Waals surface area contributed by atoms with Crippen LogP contribution in [0.3, 0.4) is 0 Å². The van der Waals surface area contributed by atoms with Crippen LogP contribution in [0.4, 0.5) is 10.7 Å². The Bertz CT molecular complexity index is 1340. The quantitative estimate of drug-likeness (QED) is 0.332. The van der Waals surface area contributed by atoms with Crippen LogP contribution < -0.4 is 10.6 Å². The third-order valence-corrected chi connectivity index (χ3v) is 7.85. The number of amides is 1. The normalized spacial score (nSPS) is 22.0. The number of nitrogens with zero attached hydrogens (tertiary/aromatic N) is 5. The Labute approximate surface area is 227 Å². The van der Waals surface area contributed by atoms with Gasteiger partial charge in [0.1, 0.15) is 11.2 Å². The summed E-state index contributed by atoms with van der Waals surface area (Å²) in [6, 6.07) is 7.58. The molecule has 10 nitrogen and oxygen atoms in total. The van der Waals surface area contributed by atoms with E-state index >= 15 is 0 Å². The number of carbonyl (C=O) groups excluding carboxylic acids is 1. The Morgan fingerprint density at radius 1 is 1.24 bits per heavy atom. The first kappa shape index (κ1) is 26.4. The van der Waals surface area contributed by atoms with Crippen molar-refractivity contribution < 1.29 is 14.3 Å². The third-order valence-electron chi connectivity index (χ3n) is 7.62. The second-order valence-corrected chi connectivity index (χ2v) is 10.7. The number of morpholine rings is 1. The molecule has 3 N–H and O–H groups in total. The van der Waals surface area contributed by atoms with E-state index in [2.05, 4.69) is 28.3 Å². The van der Waals surface area contributed by atoms with Crippen molar-refractivity contribution in [2.24, 2.45) is 17.6 Å². The molecular formula is C27H34ClN7O3. The number of nitrogens with one attached hydrogen (secondary N) is 1. The van der Waals surface area contributed by atoms with Crippen LogP contribution in [-0.4, -0.2) is 57.3 Å². The molecule has 0 spiro atoms. The van der Waals surface area contributed by atoms with Gasteiger partial charge in [0.15, 0.2) is 5.65 Å². The highest BCUT2D eigenvalue weighted by Gasteiger charge is 2.31. The summed E-state index contributed by atoms with van der Waals surface area (Å²) in [6.07, 6.45) is 4.56. The van der Waals surface area contributed by atoms with Gasteiger partial charge in [-0.2, -0.15) is 4.98 Å². The van der Waals surface area contributed by atoms with Crippen molar-refractivity contribution >= 4 is 40.7 Å². The average molecular weight is 540 g/mol. The Kier molecular flexibility index (Phi) is 7.80. The van der Waals surface area contributed by atoms with Gasteiger partial charge < -0.3 is 24.7 Å². The molecule has 0 radical (unpaired) electrons. The van der Waals surface area contributed by atoms with Crippen molar-refractivity contribution in [2.75, 3.05) is 24.7 Å². The van der Waals surface area contributed by atoms with Crippen molar-refractivity contribution in [3.8, 4) is 11.3 Å². The van der Waals surface area contributed by atoms with E-state index in [1.165, 1.54) is 12.8 Å². The van der Waals surface area contributed by atoms with E-state index < -0.39 is 12.0 Å². The molecule has 2 aliphatic rings. The number of anilines is 1. The summed E-state index contributed by atoms with van der Waals surface area (Å²) >= 11 is 6.37. The first-order valence-electron chi connectivity index (χ1n) is 13.3. The zero-order chi connectivity index (χ0) is 26.8. The number of carbonyl (C=O) groups is 1. The zero-order valence-corrected chi connectivity index (χ0v) is 22.6. The summed E-state index contributed by atoms with van der Waals surface area (Å²) < 4.78 is 12.9. The summed E-state index contributed by atoms with van der Waals surface area (Å²) in [7, 11) is 0. The summed E-state index contributed by atoms with van der Waals surface area (Å²) in [5.41, 5.74) is 7.72. The second-order valence-electron chi connectivity index (χ2n) is 10.3. The van der Waals surface area contributed by atoms with Crippen molar-refractivity contribution in [2.45, 2.75) is 58.5 Å². The molecule has 5 rings (SSSR count). The molecule has 2 aromatic heterocycles. The lowest BCUT2D eigenvalue weighted by molar-refractivity contribution is 0.0916. The van der Waals surface area contributed by atoms with E-state index in [9.17, 15) is 4.79 Å². The molecule has 1 saturated heterocycles. The van der Waals surface area contributed by atoms with Gasteiger partial charge in [0.2, 0.25) is 11.8 Å². The lowest BCUT2D eigenvalue weighted by Crippen LogP contribution is -2.46. The molecule has 1 aliphatic heterocycles. The van der Waals surface area contributed by atoms with Gasteiger partial charge in [0.05, 0.1) is 19.3 Å². The minimum absolute atomic E-state index is 0.0667. The maximum Gasteiger partial charge on any atom is 0.411 e. The summed E-state index contributed by atoms with van der Waals surface area (Å²) in [6.45, 7) is 7.24. The van der Waals surface area contributed by atoms with Gasteiger partial charge in [0.25, 0.3) is 5.90 Å². The molecule has 11 heteroatoms. The first-order chi connectivity index (χ1) is 18.3. The fraction of sp³-hybridized carbons (Fsp3) is 0.519. The van der Waals surface area contributed by atoms with Crippen LogP contribution in [0.5, 0.6) is 0 Å². The summed E-state index contributed by atoms with van der Waals surface area (Å²) in [5.74, 6) is 1.48. The van der Waals surface area contributed by atoms with Crippen molar-refractivity contribution in [1.82, 2.24) is 19.5 Å². The fourth-order valence-electron chi connectivity index (χ4n) is 5.53. The van der Waals surface area contributed by atoms with Crippen LogP contribution in [0, 0.1) is 17.2 Å². The number of nitrogens with two attached hydrogens (primary N) is 1. The smallest absolute Gasteiger partial charge is 0.388 e. The lowest BCUT2D eigenvalue weighted by Gasteiger charge is -2.37. The summed E-state index contributed by atoms with van der Waals surface area (Å²) in [5, 5.41) is 8.80. The number of fused-ring (bicyclic) bond motifs is 1. The molecule has 38 heavy (non-hydrogen) atoms. The molecule has 1 aromatic carbocycles. The number of ether oxygens (including phenoxy) is 2. The van der Waals surface area contributed by atoms with Crippen molar-refractivity contribution in [1.29, 1.82) is 5.41 Å². The number of halogens is 1.